The summed E-state index contributed by atoms with van der Waals surface area (Å²) in [6.07, 6.45) is -1.43. The molecular weight excluding hydrogens is 632 g/mol. The number of Topliss-reactive ketones (excluding diaryl/α,β-unsaturated/α-hetero) is 1. The lowest BCUT2D eigenvalue weighted by Gasteiger charge is -2.33. The molecule has 1 heterocycles. The van der Waals surface area contributed by atoms with E-state index in [9.17, 15) is 33.9 Å². The number of esters is 1. The summed E-state index contributed by atoms with van der Waals surface area (Å²) in [6, 6.07) is 4.80. The minimum atomic E-state index is -1.74. The number of benzene rings is 1. The monoisotopic (exact) mass is 686 g/mol. The predicted molar refractivity (Wildman–Crippen MR) is 181 cm³/mol. The van der Waals surface area contributed by atoms with Crippen molar-refractivity contribution in [2.75, 3.05) is 6.54 Å². The number of carbonyl (C=O) groups excluding carboxylic acids is 6. The van der Waals surface area contributed by atoms with Crippen molar-refractivity contribution in [3.63, 3.8) is 0 Å². The number of aliphatic hydroxyl groups excluding tert-OH is 1. The Balaban J connectivity index is 1.83. The van der Waals surface area contributed by atoms with Gasteiger partial charge < -0.3 is 35.4 Å². The van der Waals surface area contributed by atoms with Gasteiger partial charge in [0.2, 0.25) is 11.8 Å². The van der Waals surface area contributed by atoms with Crippen LogP contribution in [0.15, 0.2) is 30.3 Å². The maximum Gasteiger partial charge on any atom is 0.408 e. The van der Waals surface area contributed by atoms with Gasteiger partial charge in [-0.1, -0.05) is 57.5 Å². The van der Waals surface area contributed by atoms with E-state index in [1.165, 1.54) is 4.90 Å². The molecule has 1 aliphatic carbocycles. The average Bonchev–Trinajstić information content (AvgIpc) is 3.57. The number of amides is 4. The Morgan fingerprint density at radius 1 is 1.00 bits per heavy atom. The topological polar surface area (TPSA) is 180 Å². The summed E-state index contributed by atoms with van der Waals surface area (Å²) in [4.78, 5) is 81.3. The first-order chi connectivity index (χ1) is 22.9. The van der Waals surface area contributed by atoms with E-state index in [-0.39, 0.29) is 37.5 Å². The van der Waals surface area contributed by atoms with Crippen LogP contribution in [0.25, 0.3) is 0 Å². The van der Waals surface area contributed by atoms with E-state index in [1.54, 1.807) is 60.6 Å². The summed E-state index contributed by atoms with van der Waals surface area (Å²) in [7, 11) is 0. The molecule has 0 bridgehead atoms. The van der Waals surface area contributed by atoms with Crippen LogP contribution in [0.5, 0.6) is 0 Å². The molecule has 0 aromatic heterocycles. The first kappa shape index (κ1) is 39.4. The van der Waals surface area contributed by atoms with Crippen molar-refractivity contribution in [2.24, 2.45) is 17.8 Å². The SMILES string of the molecule is CCCC(NC(=O)[C@@H]1[C@H]2CCC(=O)[C@H]2CN1C(=O)[C@@H](NC(=O)OC(C)C)C(C)C)C(O)C(=O)N[C@@H](Cc1ccccc1)C(=O)OC(C)(C)C. The molecule has 1 aliphatic heterocycles. The van der Waals surface area contributed by atoms with Gasteiger partial charge in [-0.05, 0) is 58.9 Å². The molecule has 2 unspecified atom stereocenters. The average molecular weight is 687 g/mol. The molecule has 2 fully saturated rings. The third-order valence-electron chi connectivity index (χ3n) is 8.76. The molecule has 1 aromatic carbocycles. The van der Waals surface area contributed by atoms with Crippen LogP contribution in [0.1, 0.15) is 86.6 Å². The smallest absolute Gasteiger partial charge is 0.408 e. The molecule has 49 heavy (non-hydrogen) atoms. The highest BCUT2D eigenvalue weighted by Crippen LogP contribution is 2.41. The lowest BCUT2D eigenvalue weighted by atomic mass is 9.92. The Labute approximate surface area is 289 Å². The molecular formula is C36H54N4O9. The van der Waals surface area contributed by atoms with Crippen LogP contribution in [-0.4, -0.2) is 94.1 Å². The number of ketones is 1. The van der Waals surface area contributed by atoms with Crippen molar-refractivity contribution in [3.05, 3.63) is 35.9 Å². The standard InChI is InChI=1S/C36H54N4O9/c1-9-13-25(30(42)32(44)38-26(34(46)49-36(6,7)8)18-22-14-11-10-12-15-22)37-31(43)29-23-16-17-27(41)24(23)19-40(29)33(45)28(20(2)3)39-35(47)48-21(4)5/h10-12,14-15,20-21,23-26,28-30,42H,9,13,16-19H2,1-8H3,(H,37,43)(H,38,44)(H,39,47)/t23-,24-,25?,26-,28-,29-,30?/m0/s1. The van der Waals surface area contributed by atoms with Crippen LogP contribution < -0.4 is 16.0 Å². The van der Waals surface area contributed by atoms with Crippen LogP contribution in [0.3, 0.4) is 0 Å². The third kappa shape index (κ3) is 10.7. The van der Waals surface area contributed by atoms with Gasteiger partial charge in [0.25, 0.3) is 5.91 Å². The second kappa shape index (κ2) is 17.1. The zero-order valence-corrected chi connectivity index (χ0v) is 30.0. The largest absolute Gasteiger partial charge is 0.458 e. The predicted octanol–water partition coefficient (Wildman–Crippen LogP) is 2.67. The number of ether oxygens (including phenoxy) is 2. The summed E-state index contributed by atoms with van der Waals surface area (Å²) in [5.74, 6) is -4.07. The van der Waals surface area contributed by atoms with E-state index in [4.69, 9.17) is 9.47 Å². The number of aliphatic hydroxyl groups is 1. The second-order valence-corrected chi connectivity index (χ2v) is 14.7. The van der Waals surface area contributed by atoms with Crippen LogP contribution in [-0.2, 0) is 39.9 Å². The van der Waals surface area contributed by atoms with Gasteiger partial charge in [0.15, 0.2) is 6.10 Å². The second-order valence-electron chi connectivity index (χ2n) is 14.7. The molecule has 1 saturated heterocycles. The maximum atomic E-state index is 14.1. The highest BCUT2D eigenvalue weighted by Gasteiger charge is 2.54. The van der Waals surface area contributed by atoms with Crippen LogP contribution in [0, 0.1) is 17.8 Å². The first-order valence-corrected chi connectivity index (χ1v) is 17.3. The molecule has 1 aromatic rings. The molecule has 13 nitrogen and oxygen atoms in total. The number of nitrogens with one attached hydrogen (secondary N) is 3. The Morgan fingerprint density at radius 2 is 1.65 bits per heavy atom. The summed E-state index contributed by atoms with van der Waals surface area (Å²) < 4.78 is 10.7. The Bertz CT molecular complexity index is 1340. The van der Waals surface area contributed by atoms with Crippen molar-refractivity contribution in [1.82, 2.24) is 20.9 Å². The first-order valence-electron chi connectivity index (χ1n) is 17.3. The van der Waals surface area contributed by atoms with E-state index >= 15 is 0 Å². The highest BCUT2D eigenvalue weighted by atomic mass is 16.6. The zero-order chi connectivity index (χ0) is 36.6. The number of nitrogens with zero attached hydrogens (tertiary/aromatic N) is 1. The lowest BCUT2D eigenvalue weighted by Crippen LogP contribution is -2.59. The molecule has 0 radical (unpaired) electrons. The van der Waals surface area contributed by atoms with Gasteiger partial charge in [0, 0.05) is 31.2 Å². The normalized spacial score (nSPS) is 21.4. The molecule has 0 spiro atoms. The fourth-order valence-corrected chi connectivity index (χ4v) is 6.48. The van der Waals surface area contributed by atoms with Gasteiger partial charge in [-0.3, -0.25) is 19.2 Å². The molecule has 2 aliphatic rings. The highest BCUT2D eigenvalue weighted by molar-refractivity contribution is 5.96. The van der Waals surface area contributed by atoms with Gasteiger partial charge in [-0.2, -0.15) is 0 Å². The molecule has 1 saturated carbocycles. The zero-order valence-electron chi connectivity index (χ0n) is 30.0. The van der Waals surface area contributed by atoms with Gasteiger partial charge in [-0.15, -0.1) is 0 Å². The Hall–Kier alpha value is -4.00. The van der Waals surface area contributed by atoms with E-state index in [0.29, 0.717) is 12.8 Å². The van der Waals surface area contributed by atoms with E-state index < -0.39 is 83.6 Å². The van der Waals surface area contributed by atoms with Gasteiger partial charge in [-0.25, -0.2) is 9.59 Å². The number of alkyl carbamates (subject to hydrolysis) is 1. The molecule has 4 amide bonds. The van der Waals surface area contributed by atoms with Gasteiger partial charge in [0.05, 0.1) is 12.1 Å². The van der Waals surface area contributed by atoms with Crippen LogP contribution >= 0.6 is 0 Å². The number of carbonyl (C=O) groups is 6. The van der Waals surface area contributed by atoms with E-state index in [0.717, 1.165) is 5.56 Å². The van der Waals surface area contributed by atoms with Gasteiger partial charge >= 0.3 is 12.1 Å². The molecule has 272 valence electrons. The molecule has 13 heteroatoms. The number of hydrogen-bond donors (Lipinski definition) is 4. The summed E-state index contributed by atoms with van der Waals surface area (Å²) in [6.45, 7) is 13.9. The fraction of sp³-hybridized carbons (Fsp3) is 0.667. The van der Waals surface area contributed by atoms with Crippen molar-refractivity contribution in [1.29, 1.82) is 0 Å². The van der Waals surface area contributed by atoms with Crippen LogP contribution in [0.2, 0.25) is 0 Å². The minimum absolute atomic E-state index is 0.0170. The lowest BCUT2D eigenvalue weighted by molar-refractivity contribution is -0.159. The van der Waals surface area contributed by atoms with Crippen molar-refractivity contribution < 1.29 is 43.3 Å². The molecule has 4 N–H and O–H groups in total. The van der Waals surface area contributed by atoms with Crippen LogP contribution in [0.4, 0.5) is 4.79 Å². The molecule has 7 atom stereocenters. The Morgan fingerprint density at radius 3 is 2.22 bits per heavy atom. The fourth-order valence-electron chi connectivity index (χ4n) is 6.48. The third-order valence-corrected chi connectivity index (χ3v) is 8.76. The Kier molecular flexibility index (Phi) is 13.8. The molecule has 3 rings (SSSR count). The van der Waals surface area contributed by atoms with Crippen molar-refractivity contribution in [2.45, 2.75) is 129 Å². The van der Waals surface area contributed by atoms with E-state index in [2.05, 4.69) is 16.0 Å². The number of fused-ring (bicyclic) bond motifs is 1. The number of hydrogen-bond acceptors (Lipinski definition) is 9. The maximum absolute atomic E-state index is 14.1. The summed E-state index contributed by atoms with van der Waals surface area (Å²) >= 11 is 0. The van der Waals surface area contributed by atoms with Crippen molar-refractivity contribution >= 4 is 35.6 Å². The number of likely N-dealkylation sites (tertiary alicyclic amines) is 1. The minimum Gasteiger partial charge on any atom is -0.458 e. The summed E-state index contributed by atoms with van der Waals surface area (Å²) in [5.41, 5.74) is -0.0540. The van der Waals surface area contributed by atoms with E-state index in [1.807, 2.05) is 25.1 Å². The quantitative estimate of drug-likeness (QED) is 0.214. The van der Waals surface area contributed by atoms with Crippen molar-refractivity contribution in [3.8, 4) is 0 Å². The summed E-state index contributed by atoms with van der Waals surface area (Å²) in [5, 5.41) is 19.3. The van der Waals surface area contributed by atoms with Gasteiger partial charge in [0.1, 0.15) is 29.5 Å². The number of rotatable bonds is 14.